The summed E-state index contributed by atoms with van der Waals surface area (Å²) in [5, 5.41) is 0. The SMILES string of the molecule is O=P(O)(O)CCN1c2ccc(Br)cc2Oc2cc(Br)ccc21. The van der Waals surface area contributed by atoms with Gasteiger partial charge in [-0.15, -0.1) is 0 Å². The van der Waals surface area contributed by atoms with Gasteiger partial charge in [0.25, 0.3) is 0 Å². The van der Waals surface area contributed by atoms with Gasteiger partial charge in [-0.3, -0.25) is 4.57 Å². The topological polar surface area (TPSA) is 70.0 Å². The third kappa shape index (κ3) is 3.39. The van der Waals surface area contributed by atoms with Gasteiger partial charge in [0.05, 0.1) is 17.5 Å². The van der Waals surface area contributed by atoms with E-state index in [1.54, 1.807) is 0 Å². The molecule has 0 radical (unpaired) electrons. The molecule has 0 unspecified atom stereocenters. The quantitative estimate of drug-likeness (QED) is 0.669. The molecule has 0 saturated carbocycles. The molecule has 2 N–H and O–H groups in total. The molecule has 3 rings (SSSR count). The minimum Gasteiger partial charge on any atom is -0.453 e. The molecule has 8 heteroatoms. The van der Waals surface area contributed by atoms with Crippen LogP contribution in [0.25, 0.3) is 0 Å². The molecular formula is C14H12Br2NO4P. The highest BCUT2D eigenvalue weighted by Gasteiger charge is 2.26. The van der Waals surface area contributed by atoms with Crippen LogP contribution in [0.5, 0.6) is 11.5 Å². The Kier molecular flexibility index (Phi) is 4.36. The van der Waals surface area contributed by atoms with E-state index < -0.39 is 7.60 Å². The number of benzene rings is 2. The molecule has 1 aliphatic rings. The predicted molar refractivity (Wildman–Crippen MR) is 92.3 cm³/mol. The first kappa shape index (κ1) is 16.0. The lowest BCUT2D eigenvalue weighted by molar-refractivity contribution is 0.373. The molecule has 5 nitrogen and oxygen atoms in total. The van der Waals surface area contributed by atoms with Crippen molar-refractivity contribution in [3.05, 3.63) is 45.3 Å². The summed E-state index contributed by atoms with van der Waals surface area (Å²) in [4.78, 5) is 20.2. The van der Waals surface area contributed by atoms with Crippen LogP contribution < -0.4 is 9.64 Å². The highest BCUT2D eigenvalue weighted by molar-refractivity contribution is 9.10. The maximum absolute atomic E-state index is 11.2. The molecule has 0 aromatic heterocycles. The maximum atomic E-state index is 11.2. The van der Waals surface area contributed by atoms with Gasteiger partial charge in [0.15, 0.2) is 11.5 Å². The number of nitrogens with zero attached hydrogens (tertiary/aromatic N) is 1. The first-order valence-electron chi connectivity index (χ1n) is 6.42. The monoisotopic (exact) mass is 447 g/mol. The summed E-state index contributed by atoms with van der Waals surface area (Å²) in [5.74, 6) is 1.29. The molecule has 0 spiro atoms. The highest BCUT2D eigenvalue weighted by Crippen LogP contribution is 2.49. The number of halogens is 2. The summed E-state index contributed by atoms with van der Waals surface area (Å²) in [6, 6.07) is 11.1. The minimum atomic E-state index is -4.08. The lowest BCUT2D eigenvalue weighted by Crippen LogP contribution is -2.24. The van der Waals surface area contributed by atoms with Crippen molar-refractivity contribution in [2.75, 3.05) is 17.6 Å². The first-order valence-corrected chi connectivity index (χ1v) is 9.81. The summed E-state index contributed by atoms with van der Waals surface area (Å²) in [5.41, 5.74) is 1.57. The minimum absolute atomic E-state index is 0.205. The Hall–Kier alpha value is -0.850. The van der Waals surface area contributed by atoms with Crippen LogP contribution in [0.15, 0.2) is 45.3 Å². The molecule has 1 heterocycles. The molecule has 0 atom stereocenters. The summed E-state index contributed by atoms with van der Waals surface area (Å²) in [6.07, 6.45) is -0.224. The second kappa shape index (κ2) is 5.98. The van der Waals surface area contributed by atoms with Crippen molar-refractivity contribution in [1.82, 2.24) is 0 Å². The Balaban J connectivity index is 2.05. The Morgan fingerprint density at radius 2 is 1.50 bits per heavy atom. The van der Waals surface area contributed by atoms with Crippen LogP contribution in [0, 0.1) is 0 Å². The average molecular weight is 449 g/mol. The largest absolute Gasteiger partial charge is 0.453 e. The molecule has 2 aromatic rings. The van der Waals surface area contributed by atoms with Crippen LogP contribution in [-0.4, -0.2) is 22.5 Å². The van der Waals surface area contributed by atoms with Crippen LogP contribution in [0.4, 0.5) is 11.4 Å². The van der Waals surface area contributed by atoms with Gasteiger partial charge >= 0.3 is 7.60 Å². The molecule has 0 aliphatic carbocycles. The fraction of sp³-hybridized carbons (Fsp3) is 0.143. The number of ether oxygens (including phenoxy) is 1. The number of fused-ring (bicyclic) bond motifs is 2. The number of hydrogen-bond acceptors (Lipinski definition) is 3. The fourth-order valence-electron chi connectivity index (χ4n) is 2.30. The van der Waals surface area contributed by atoms with E-state index in [1.165, 1.54) is 0 Å². The lowest BCUT2D eigenvalue weighted by Gasteiger charge is -2.33. The molecule has 1 aliphatic heterocycles. The first-order chi connectivity index (χ1) is 10.3. The normalized spacial score (nSPS) is 13.4. The molecule has 0 fully saturated rings. The third-order valence-electron chi connectivity index (χ3n) is 3.26. The van der Waals surface area contributed by atoms with Crippen LogP contribution in [-0.2, 0) is 4.57 Å². The van der Waals surface area contributed by atoms with Crippen molar-refractivity contribution in [2.45, 2.75) is 0 Å². The summed E-state index contributed by atoms with van der Waals surface area (Å²) in [7, 11) is -4.08. The van der Waals surface area contributed by atoms with E-state index in [1.807, 2.05) is 41.3 Å². The van der Waals surface area contributed by atoms with Crippen molar-refractivity contribution in [3.63, 3.8) is 0 Å². The fourth-order valence-corrected chi connectivity index (χ4v) is 3.45. The molecule has 22 heavy (non-hydrogen) atoms. The lowest BCUT2D eigenvalue weighted by atomic mass is 10.1. The standard InChI is InChI=1S/C14H12Br2NO4P/c15-9-1-3-11-13(7-9)21-14-8-10(16)2-4-12(14)17(11)5-6-22(18,19)20/h1-4,7-8H,5-6H2,(H2,18,19,20). The van der Waals surface area contributed by atoms with Crippen LogP contribution in [0.3, 0.4) is 0 Å². The van der Waals surface area contributed by atoms with E-state index >= 15 is 0 Å². The van der Waals surface area contributed by atoms with Crippen LogP contribution in [0.1, 0.15) is 0 Å². The molecule has 116 valence electrons. The van der Waals surface area contributed by atoms with Crippen molar-refractivity contribution < 1.29 is 19.1 Å². The van der Waals surface area contributed by atoms with Crippen molar-refractivity contribution in [3.8, 4) is 11.5 Å². The average Bonchev–Trinajstić information content (AvgIpc) is 2.42. The van der Waals surface area contributed by atoms with Gasteiger partial charge < -0.3 is 19.4 Å². The van der Waals surface area contributed by atoms with Crippen molar-refractivity contribution in [1.29, 1.82) is 0 Å². The zero-order chi connectivity index (χ0) is 15.9. The number of anilines is 2. The molecule has 2 aromatic carbocycles. The van der Waals surface area contributed by atoms with Gasteiger partial charge in [0, 0.05) is 15.5 Å². The zero-order valence-electron chi connectivity index (χ0n) is 11.2. The van der Waals surface area contributed by atoms with Gasteiger partial charge in [-0.2, -0.15) is 0 Å². The van der Waals surface area contributed by atoms with E-state index in [4.69, 9.17) is 4.74 Å². The van der Waals surface area contributed by atoms with E-state index in [-0.39, 0.29) is 12.7 Å². The molecule has 0 amide bonds. The van der Waals surface area contributed by atoms with E-state index in [2.05, 4.69) is 31.9 Å². The summed E-state index contributed by atoms with van der Waals surface area (Å²) in [6.45, 7) is 0.205. The van der Waals surface area contributed by atoms with Gasteiger partial charge in [-0.05, 0) is 36.4 Å². The van der Waals surface area contributed by atoms with Crippen LogP contribution >= 0.6 is 39.5 Å². The Labute approximate surface area is 144 Å². The van der Waals surface area contributed by atoms with Gasteiger partial charge in [0.2, 0.25) is 0 Å². The van der Waals surface area contributed by atoms with Crippen LogP contribution in [0.2, 0.25) is 0 Å². The summed E-state index contributed by atoms with van der Waals surface area (Å²) < 4.78 is 18.9. The third-order valence-corrected chi connectivity index (χ3v) is 5.03. The molecule has 0 saturated heterocycles. The maximum Gasteiger partial charge on any atom is 0.327 e. The summed E-state index contributed by atoms with van der Waals surface area (Å²) >= 11 is 6.81. The van der Waals surface area contributed by atoms with Crippen molar-refractivity contribution in [2.24, 2.45) is 0 Å². The van der Waals surface area contributed by atoms with E-state index in [0.717, 1.165) is 20.3 Å². The second-order valence-electron chi connectivity index (χ2n) is 4.87. The second-order valence-corrected chi connectivity index (χ2v) is 8.47. The number of rotatable bonds is 3. The Morgan fingerprint density at radius 3 is 1.95 bits per heavy atom. The predicted octanol–water partition coefficient (Wildman–Crippen LogP) is 4.63. The molecular weight excluding hydrogens is 437 g/mol. The van der Waals surface area contributed by atoms with Crippen molar-refractivity contribution >= 4 is 50.8 Å². The number of hydrogen-bond donors (Lipinski definition) is 2. The van der Waals surface area contributed by atoms with Gasteiger partial charge in [0.1, 0.15) is 0 Å². The van der Waals surface area contributed by atoms with E-state index in [0.29, 0.717) is 11.5 Å². The van der Waals surface area contributed by atoms with E-state index in [9.17, 15) is 14.4 Å². The Bertz CT molecular complexity index is 726. The Morgan fingerprint density at radius 1 is 1.00 bits per heavy atom. The zero-order valence-corrected chi connectivity index (χ0v) is 15.3. The van der Waals surface area contributed by atoms with Gasteiger partial charge in [-0.25, -0.2) is 0 Å². The highest BCUT2D eigenvalue weighted by atomic mass is 79.9. The smallest absolute Gasteiger partial charge is 0.327 e. The van der Waals surface area contributed by atoms with Gasteiger partial charge in [-0.1, -0.05) is 31.9 Å². The molecule has 0 bridgehead atoms.